The predicted octanol–water partition coefficient (Wildman–Crippen LogP) is 2.20. The molecule has 1 aliphatic rings. The standard InChI is InChI=1S/C19H24FNO5S/c1-3-14(2)21(17-10-11-27(24,25)13-17)18(22)12-26-19(23)9-6-15-4-7-16(20)8-5-15/h4-9,14,17H,3,10-13H2,1-2H3/b9-6+/t14-,17-/m0/s1. The molecule has 0 spiro atoms. The number of carbonyl (C=O) groups excluding carboxylic acids is 2. The fraction of sp³-hybridized carbons (Fsp3) is 0.474. The number of hydrogen-bond acceptors (Lipinski definition) is 5. The number of hydrogen-bond donors (Lipinski definition) is 0. The van der Waals surface area contributed by atoms with Gasteiger partial charge in [-0.25, -0.2) is 17.6 Å². The lowest BCUT2D eigenvalue weighted by molar-refractivity contribution is -0.150. The number of carbonyl (C=O) groups is 2. The molecule has 0 N–H and O–H groups in total. The van der Waals surface area contributed by atoms with Gasteiger partial charge in [-0.3, -0.25) is 4.79 Å². The molecular weight excluding hydrogens is 373 g/mol. The highest BCUT2D eigenvalue weighted by molar-refractivity contribution is 7.91. The van der Waals surface area contributed by atoms with Crippen LogP contribution in [0.4, 0.5) is 4.39 Å². The molecule has 1 saturated heterocycles. The average Bonchev–Trinajstić information content (AvgIpc) is 2.98. The molecule has 6 nitrogen and oxygen atoms in total. The summed E-state index contributed by atoms with van der Waals surface area (Å²) in [7, 11) is -3.13. The van der Waals surface area contributed by atoms with E-state index in [4.69, 9.17) is 4.74 Å². The van der Waals surface area contributed by atoms with Gasteiger partial charge in [0.1, 0.15) is 5.82 Å². The molecule has 27 heavy (non-hydrogen) atoms. The summed E-state index contributed by atoms with van der Waals surface area (Å²) in [6.07, 6.45) is 3.69. The zero-order valence-corrected chi connectivity index (χ0v) is 16.2. The van der Waals surface area contributed by atoms with E-state index in [0.717, 1.165) is 6.08 Å². The second-order valence-corrected chi connectivity index (χ2v) is 8.84. The lowest BCUT2D eigenvalue weighted by Crippen LogP contribution is -2.48. The fourth-order valence-corrected chi connectivity index (χ4v) is 4.71. The van der Waals surface area contributed by atoms with Crippen LogP contribution < -0.4 is 0 Å². The van der Waals surface area contributed by atoms with E-state index in [-0.39, 0.29) is 29.4 Å². The van der Waals surface area contributed by atoms with Crippen LogP contribution in [0.1, 0.15) is 32.3 Å². The highest BCUT2D eigenvalue weighted by Crippen LogP contribution is 2.21. The van der Waals surface area contributed by atoms with Gasteiger partial charge < -0.3 is 9.64 Å². The topological polar surface area (TPSA) is 80.8 Å². The van der Waals surface area contributed by atoms with Crippen LogP contribution in [0.2, 0.25) is 0 Å². The summed E-state index contributed by atoms with van der Waals surface area (Å²) in [4.78, 5) is 25.9. The maximum absolute atomic E-state index is 12.8. The summed E-state index contributed by atoms with van der Waals surface area (Å²) in [6, 6.07) is 5.03. The van der Waals surface area contributed by atoms with Crippen molar-refractivity contribution in [2.24, 2.45) is 0 Å². The zero-order chi connectivity index (χ0) is 20.0. The Morgan fingerprint density at radius 3 is 2.56 bits per heavy atom. The van der Waals surface area contributed by atoms with Gasteiger partial charge in [0.2, 0.25) is 0 Å². The van der Waals surface area contributed by atoms with Crippen molar-refractivity contribution in [1.82, 2.24) is 4.90 Å². The van der Waals surface area contributed by atoms with Gasteiger partial charge in [-0.2, -0.15) is 0 Å². The first-order valence-electron chi connectivity index (χ1n) is 8.84. The van der Waals surface area contributed by atoms with E-state index in [2.05, 4.69) is 0 Å². The fourth-order valence-electron chi connectivity index (χ4n) is 2.99. The minimum absolute atomic E-state index is 0.0541. The van der Waals surface area contributed by atoms with E-state index < -0.39 is 28.3 Å². The number of ether oxygens (including phenoxy) is 1. The molecule has 2 rings (SSSR count). The van der Waals surface area contributed by atoms with Crippen LogP contribution in [0.15, 0.2) is 30.3 Å². The Labute approximate surface area is 158 Å². The summed E-state index contributed by atoms with van der Waals surface area (Å²) in [5.41, 5.74) is 0.622. The molecule has 1 amide bonds. The minimum Gasteiger partial charge on any atom is -0.452 e. The van der Waals surface area contributed by atoms with Gasteiger partial charge in [-0.1, -0.05) is 19.1 Å². The van der Waals surface area contributed by atoms with Crippen molar-refractivity contribution in [3.8, 4) is 0 Å². The quantitative estimate of drug-likeness (QED) is 0.520. The molecular formula is C19H24FNO5S. The lowest BCUT2D eigenvalue weighted by atomic mass is 10.1. The Kier molecular flexibility index (Phi) is 7.12. The first-order chi connectivity index (χ1) is 12.7. The molecule has 1 heterocycles. The lowest BCUT2D eigenvalue weighted by Gasteiger charge is -2.33. The molecule has 8 heteroatoms. The van der Waals surface area contributed by atoms with Crippen LogP contribution in [0, 0.1) is 5.82 Å². The molecule has 1 aliphatic heterocycles. The highest BCUT2D eigenvalue weighted by atomic mass is 32.2. The van der Waals surface area contributed by atoms with Crippen molar-refractivity contribution in [3.05, 3.63) is 41.7 Å². The second kappa shape index (κ2) is 9.12. The Morgan fingerprint density at radius 1 is 1.33 bits per heavy atom. The van der Waals surface area contributed by atoms with E-state index in [1.165, 1.54) is 35.2 Å². The van der Waals surface area contributed by atoms with E-state index in [9.17, 15) is 22.4 Å². The van der Waals surface area contributed by atoms with Gasteiger partial charge in [0.25, 0.3) is 5.91 Å². The maximum Gasteiger partial charge on any atom is 0.331 e. The molecule has 0 radical (unpaired) electrons. The summed E-state index contributed by atoms with van der Waals surface area (Å²) in [6.45, 7) is 3.30. The number of nitrogens with zero attached hydrogens (tertiary/aromatic N) is 1. The summed E-state index contributed by atoms with van der Waals surface area (Å²) < 4.78 is 41.3. The van der Waals surface area contributed by atoms with Gasteiger partial charge in [0.05, 0.1) is 11.5 Å². The normalized spacial score (nSPS) is 19.7. The summed E-state index contributed by atoms with van der Waals surface area (Å²) >= 11 is 0. The van der Waals surface area contributed by atoms with Crippen LogP contribution in [-0.2, 0) is 24.2 Å². The maximum atomic E-state index is 12.8. The van der Waals surface area contributed by atoms with Crippen molar-refractivity contribution in [3.63, 3.8) is 0 Å². The third kappa shape index (κ3) is 6.16. The molecule has 0 aromatic heterocycles. The van der Waals surface area contributed by atoms with E-state index in [1.807, 2.05) is 13.8 Å². The number of amides is 1. The van der Waals surface area contributed by atoms with Crippen molar-refractivity contribution in [1.29, 1.82) is 0 Å². The van der Waals surface area contributed by atoms with Crippen LogP contribution in [0.5, 0.6) is 0 Å². The first kappa shape index (κ1) is 21.1. The number of rotatable bonds is 7. The minimum atomic E-state index is -3.13. The number of halogens is 1. The highest BCUT2D eigenvalue weighted by Gasteiger charge is 2.36. The van der Waals surface area contributed by atoms with Gasteiger partial charge >= 0.3 is 5.97 Å². The molecule has 1 aromatic rings. The Morgan fingerprint density at radius 2 is 2.00 bits per heavy atom. The van der Waals surface area contributed by atoms with Crippen molar-refractivity contribution in [2.75, 3.05) is 18.1 Å². The van der Waals surface area contributed by atoms with Gasteiger partial charge in [-0.15, -0.1) is 0 Å². The molecule has 148 valence electrons. The number of sulfone groups is 1. The smallest absolute Gasteiger partial charge is 0.331 e. The summed E-state index contributed by atoms with van der Waals surface area (Å²) in [5, 5.41) is 0. The second-order valence-electron chi connectivity index (χ2n) is 6.61. The molecule has 1 aromatic carbocycles. The molecule has 2 atom stereocenters. The van der Waals surface area contributed by atoms with Crippen LogP contribution in [0.3, 0.4) is 0 Å². The molecule has 0 aliphatic carbocycles. The van der Waals surface area contributed by atoms with E-state index in [1.54, 1.807) is 0 Å². The van der Waals surface area contributed by atoms with E-state index in [0.29, 0.717) is 18.4 Å². The Bertz CT molecular complexity index is 804. The first-order valence-corrected chi connectivity index (χ1v) is 10.7. The largest absolute Gasteiger partial charge is 0.452 e. The number of benzene rings is 1. The third-order valence-electron chi connectivity index (χ3n) is 4.58. The molecule has 1 fully saturated rings. The summed E-state index contributed by atoms with van der Waals surface area (Å²) in [5.74, 6) is -1.47. The van der Waals surface area contributed by atoms with Crippen LogP contribution in [0.25, 0.3) is 6.08 Å². The van der Waals surface area contributed by atoms with Crippen molar-refractivity contribution >= 4 is 27.8 Å². The Balaban J connectivity index is 1.94. The SMILES string of the molecule is CC[C@H](C)N(C(=O)COC(=O)/C=C/c1ccc(F)cc1)[C@H]1CCS(=O)(=O)C1. The average molecular weight is 397 g/mol. The Hall–Kier alpha value is -2.22. The number of esters is 1. The van der Waals surface area contributed by atoms with Crippen LogP contribution >= 0.6 is 0 Å². The van der Waals surface area contributed by atoms with Gasteiger partial charge in [0.15, 0.2) is 16.4 Å². The van der Waals surface area contributed by atoms with Gasteiger partial charge in [-0.05, 0) is 43.5 Å². The molecule has 0 bridgehead atoms. The monoisotopic (exact) mass is 397 g/mol. The van der Waals surface area contributed by atoms with E-state index >= 15 is 0 Å². The molecule has 0 saturated carbocycles. The molecule has 0 unspecified atom stereocenters. The van der Waals surface area contributed by atoms with Crippen molar-refractivity contribution in [2.45, 2.75) is 38.8 Å². The van der Waals surface area contributed by atoms with Crippen LogP contribution in [-0.4, -0.2) is 55.4 Å². The van der Waals surface area contributed by atoms with Crippen molar-refractivity contribution < 1.29 is 27.1 Å². The predicted molar refractivity (Wildman–Crippen MR) is 100 cm³/mol. The third-order valence-corrected chi connectivity index (χ3v) is 6.33. The zero-order valence-electron chi connectivity index (χ0n) is 15.4. The van der Waals surface area contributed by atoms with Gasteiger partial charge in [0, 0.05) is 18.2 Å².